The topological polar surface area (TPSA) is 30.0 Å². The van der Waals surface area contributed by atoms with Crippen LogP contribution in [-0.4, -0.2) is 11.3 Å². The molecule has 3 aromatic rings. The quantitative estimate of drug-likeness (QED) is 0.414. The molecule has 0 fully saturated rings. The van der Waals surface area contributed by atoms with E-state index in [-0.39, 0.29) is 11.1 Å². The zero-order valence-electron chi connectivity index (χ0n) is 14.5. The molecule has 0 N–H and O–H groups in total. The van der Waals surface area contributed by atoms with Gasteiger partial charge >= 0.3 is 6.18 Å². The first-order chi connectivity index (χ1) is 12.9. The van der Waals surface area contributed by atoms with Crippen molar-refractivity contribution in [1.29, 1.82) is 0 Å². The fourth-order valence-electron chi connectivity index (χ4n) is 2.90. The van der Waals surface area contributed by atoms with Gasteiger partial charge in [0, 0.05) is 23.5 Å². The number of carbonyl (C=O) groups is 1. The van der Waals surface area contributed by atoms with Gasteiger partial charge in [-0.3, -0.25) is 9.78 Å². The first kappa shape index (κ1) is 18.6. The molecule has 5 heteroatoms. The van der Waals surface area contributed by atoms with Crippen LogP contribution in [0.15, 0.2) is 60.9 Å². The van der Waals surface area contributed by atoms with Crippen LogP contribution < -0.4 is 0 Å². The molecule has 0 amide bonds. The minimum Gasteiger partial charge on any atom is -0.298 e. The predicted molar refractivity (Wildman–Crippen MR) is 100 cm³/mol. The van der Waals surface area contributed by atoms with Gasteiger partial charge in [-0.15, -0.1) is 0 Å². The largest absolute Gasteiger partial charge is 0.416 e. The van der Waals surface area contributed by atoms with E-state index >= 15 is 0 Å². The SMILES string of the molecule is Cc1c(/C=C/c2cc(C=O)ccc2C(F)(F)F)cccc1-c1cccnc1. The molecule has 0 unspecified atom stereocenters. The number of pyridine rings is 1. The van der Waals surface area contributed by atoms with Crippen LogP contribution in [0.5, 0.6) is 0 Å². The summed E-state index contributed by atoms with van der Waals surface area (Å²) in [5, 5.41) is 0. The number of hydrogen-bond donors (Lipinski definition) is 0. The van der Waals surface area contributed by atoms with Gasteiger partial charge < -0.3 is 0 Å². The molecule has 27 heavy (non-hydrogen) atoms. The van der Waals surface area contributed by atoms with Gasteiger partial charge in [-0.05, 0) is 47.4 Å². The molecule has 0 bridgehead atoms. The first-order valence-electron chi connectivity index (χ1n) is 8.24. The number of halogens is 3. The maximum absolute atomic E-state index is 13.2. The fourth-order valence-corrected chi connectivity index (χ4v) is 2.90. The summed E-state index contributed by atoms with van der Waals surface area (Å²) in [6.07, 6.45) is 2.49. The fraction of sp³-hybridized carbons (Fsp3) is 0.0909. The average molecular weight is 367 g/mol. The van der Waals surface area contributed by atoms with Crippen LogP contribution in [0.25, 0.3) is 23.3 Å². The van der Waals surface area contributed by atoms with Gasteiger partial charge in [0.1, 0.15) is 6.29 Å². The summed E-state index contributed by atoms with van der Waals surface area (Å²) < 4.78 is 39.7. The molecule has 3 rings (SSSR count). The summed E-state index contributed by atoms with van der Waals surface area (Å²) in [6.45, 7) is 1.91. The van der Waals surface area contributed by atoms with Crippen molar-refractivity contribution in [2.75, 3.05) is 0 Å². The Morgan fingerprint density at radius 2 is 1.74 bits per heavy atom. The summed E-state index contributed by atoms with van der Waals surface area (Å²) >= 11 is 0. The van der Waals surface area contributed by atoms with Gasteiger partial charge in [0.25, 0.3) is 0 Å². The lowest BCUT2D eigenvalue weighted by atomic mass is 9.96. The molecule has 2 nitrogen and oxygen atoms in total. The average Bonchev–Trinajstić information content (AvgIpc) is 2.67. The van der Waals surface area contributed by atoms with Crippen LogP contribution in [0.1, 0.15) is 32.6 Å². The lowest BCUT2D eigenvalue weighted by Crippen LogP contribution is -2.07. The number of aldehydes is 1. The van der Waals surface area contributed by atoms with Crippen molar-refractivity contribution in [2.24, 2.45) is 0 Å². The summed E-state index contributed by atoms with van der Waals surface area (Å²) in [7, 11) is 0. The minimum atomic E-state index is -4.49. The van der Waals surface area contributed by atoms with Crippen LogP contribution >= 0.6 is 0 Å². The molecule has 1 aromatic heterocycles. The molecule has 0 saturated heterocycles. The minimum absolute atomic E-state index is 0.0433. The summed E-state index contributed by atoms with van der Waals surface area (Å²) in [4.78, 5) is 15.0. The monoisotopic (exact) mass is 367 g/mol. The van der Waals surface area contributed by atoms with Crippen molar-refractivity contribution < 1.29 is 18.0 Å². The maximum atomic E-state index is 13.2. The van der Waals surface area contributed by atoms with Crippen molar-refractivity contribution in [3.05, 3.63) is 88.7 Å². The smallest absolute Gasteiger partial charge is 0.298 e. The highest BCUT2D eigenvalue weighted by Gasteiger charge is 2.32. The van der Waals surface area contributed by atoms with E-state index in [9.17, 15) is 18.0 Å². The van der Waals surface area contributed by atoms with Crippen molar-refractivity contribution in [3.63, 3.8) is 0 Å². The third kappa shape index (κ3) is 4.14. The van der Waals surface area contributed by atoms with E-state index < -0.39 is 11.7 Å². The van der Waals surface area contributed by atoms with Gasteiger partial charge in [0.2, 0.25) is 0 Å². The van der Waals surface area contributed by atoms with Gasteiger partial charge in [0.05, 0.1) is 5.56 Å². The summed E-state index contributed by atoms with van der Waals surface area (Å²) in [5.41, 5.74) is 3.00. The Kier molecular flexibility index (Phi) is 5.21. The molecule has 0 aliphatic heterocycles. The van der Waals surface area contributed by atoms with Crippen molar-refractivity contribution in [2.45, 2.75) is 13.1 Å². The van der Waals surface area contributed by atoms with E-state index in [1.54, 1.807) is 18.5 Å². The van der Waals surface area contributed by atoms with Gasteiger partial charge in [0.15, 0.2) is 0 Å². The lowest BCUT2D eigenvalue weighted by Gasteiger charge is -2.11. The Bertz CT molecular complexity index is 992. The molecule has 2 aromatic carbocycles. The molecule has 0 aliphatic carbocycles. The molecule has 0 aliphatic rings. The van der Waals surface area contributed by atoms with Crippen LogP contribution in [0.3, 0.4) is 0 Å². The number of alkyl halides is 3. The van der Waals surface area contributed by atoms with E-state index in [1.807, 2.05) is 37.3 Å². The van der Waals surface area contributed by atoms with Gasteiger partial charge in [-0.2, -0.15) is 13.2 Å². The number of aromatic nitrogens is 1. The van der Waals surface area contributed by atoms with Crippen LogP contribution in [0.4, 0.5) is 13.2 Å². The number of rotatable bonds is 4. The molecule has 0 spiro atoms. The van der Waals surface area contributed by atoms with Crippen molar-refractivity contribution >= 4 is 18.4 Å². The number of carbonyl (C=O) groups excluding carboxylic acids is 1. The highest BCUT2D eigenvalue weighted by Crippen LogP contribution is 2.34. The summed E-state index contributed by atoms with van der Waals surface area (Å²) in [6, 6.07) is 12.7. The Balaban J connectivity index is 2.04. The first-order valence-corrected chi connectivity index (χ1v) is 8.24. The second kappa shape index (κ2) is 7.58. The standard InChI is InChI=1S/C22H16F3NO/c1-15-17(4-2-6-20(15)19-5-3-11-26-13-19)8-9-18-12-16(14-27)7-10-21(18)22(23,24)25/h2-14H,1H3/b9-8+. The summed E-state index contributed by atoms with van der Waals surface area (Å²) in [5.74, 6) is 0. The van der Waals surface area contributed by atoms with Crippen LogP contribution in [0.2, 0.25) is 0 Å². The Morgan fingerprint density at radius 3 is 2.41 bits per heavy atom. The Labute approximate surface area is 155 Å². The van der Waals surface area contributed by atoms with Crippen molar-refractivity contribution in [1.82, 2.24) is 4.98 Å². The zero-order valence-corrected chi connectivity index (χ0v) is 14.5. The third-order valence-corrected chi connectivity index (χ3v) is 4.31. The van der Waals surface area contributed by atoms with E-state index in [4.69, 9.17) is 0 Å². The molecule has 0 radical (unpaired) electrons. The predicted octanol–water partition coefficient (Wildman–Crippen LogP) is 6.06. The zero-order chi connectivity index (χ0) is 19.4. The number of hydrogen-bond acceptors (Lipinski definition) is 2. The second-order valence-corrected chi connectivity index (χ2v) is 6.06. The number of benzene rings is 2. The molecular formula is C22H16F3NO. The number of nitrogens with zero attached hydrogens (tertiary/aromatic N) is 1. The molecular weight excluding hydrogens is 351 g/mol. The maximum Gasteiger partial charge on any atom is 0.416 e. The van der Waals surface area contributed by atoms with Crippen LogP contribution in [0, 0.1) is 6.92 Å². The lowest BCUT2D eigenvalue weighted by molar-refractivity contribution is -0.137. The Morgan fingerprint density at radius 1 is 0.963 bits per heavy atom. The van der Waals surface area contributed by atoms with E-state index in [0.29, 0.717) is 6.29 Å². The highest BCUT2D eigenvalue weighted by atomic mass is 19.4. The molecule has 0 saturated carbocycles. The second-order valence-electron chi connectivity index (χ2n) is 6.06. The van der Waals surface area contributed by atoms with E-state index in [2.05, 4.69) is 4.98 Å². The van der Waals surface area contributed by atoms with E-state index in [0.717, 1.165) is 28.3 Å². The van der Waals surface area contributed by atoms with Gasteiger partial charge in [-0.1, -0.05) is 42.5 Å². The normalized spacial score (nSPS) is 11.7. The third-order valence-electron chi connectivity index (χ3n) is 4.31. The molecule has 136 valence electrons. The van der Waals surface area contributed by atoms with Crippen molar-refractivity contribution in [3.8, 4) is 11.1 Å². The van der Waals surface area contributed by atoms with Crippen LogP contribution in [-0.2, 0) is 6.18 Å². The van der Waals surface area contributed by atoms with E-state index in [1.165, 1.54) is 18.2 Å². The highest BCUT2D eigenvalue weighted by molar-refractivity contribution is 5.81. The Hall–Kier alpha value is -3.21. The molecule has 0 atom stereocenters. The van der Waals surface area contributed by atoms with Gasteiger partial charge in [-0.25, -0.2) is 0 Å². The molecule has 1 heterocycles.